The third kappa shape index (κ3) is 5.01. The summed E-state index contributed by atoms with van der Waals surface area (Å²) in [7, 11) is 1.51. The Labute approximate surface area is 220 Å². The molecule has 0 spiro atoms. The van der Waals surface area contributed by atoms with Crippen LogP contribution < -0.4 is 20.3 Å². The number of hydrogen-bond acceptors (Lipinski definition) is 7. The summed E-state index contributed by atoms with van der Waals surface area (Å²) in [4.78, 5) is 38.7. The Morgan fingerprint density at radius 1 is 0.949 bits per heavy atom. The summed E-state index contributed by atoms with van der Waals surface area (Å²) in [6, 6.07) is 11.3. The number of benzene rings is 1. The highest BCUT2D eigenvalue weighted by molar-refractivity contribution is 6.04. The minimum absolute atomic E-state index is 0.103. The highest BCUT2D eigenvalue weighted by Gasteiger charge is 2.18. The number of fused-ring (bicyclic) bond motifs is 1. The van der Waals surface area contributed by atoms with Gasteiger partial charge in [-0.1, -0.05) is 0 Å². The van der Waals surface area contributed by atoms with Gasteiger partial charge in [-0.3, -0.25) is 19.1 Å². The van der Waals surface area contributed by atoms with Crippen LogP contribution in [0.25, 0.3) is 16.9 Å². The first-order valence-electron chi connectivity index (χ1n) is 11.7. The number of aromatic nitrogens is 4. The van der Waals surface area contributed by atoms with Crippen molar-refractivity contribution in [3.05, 3.63) is 106 Å². The van der Waals surface area contributed by atoms with Crippen molar-refractivity contribution in [1.29, 1.82) is 0 Å². The fraction of sp³-hybridized carbons (Fsp3) is 0.107. The predicted octanol–water partition coefficient (Wildman–Crippen LogP) is 5.12. The molecule has 0 unspecified atom stereocenters. The number of anilines is 1. The second-order valence-electron chi connectivity index (χ2n) is 8.58. The molecule has 0 radical (unpaired) electrons. The number of pyridine rings is 4. The van der Waals surface area contributed by atoms with Gasteiger partial charge in [0.2, 0.25) is 0 Å². The van der Waals surface area contributed by atoms with Crippen molar-refractivity contribution in [3.63, 3.8) is 0 Å². The fourth-order valence-corrected chi connectivity index (χ4v) is 3.99. The van der Waals surface area contributed by atoms with Gasteiger partial charge in [-0.2, -0.15) is 0 Å². The van der Waals surface area contributed by atoms with Crippen molar-refractivity contribution >= 4 is 22.6 Å². The lowest BCUT2D eigenvalue weighted by Crippen LogP contribution is -2.30. The maximum atomic E-state index is 15.0. The van der Waals surface area contributed by atoms with Crippen LogP contribution in [0.1, 0.15) is 21.6 Å². The van der Waals surface area contributed by atoms with Crippen molar-refractivity contribution in [2.24, 2.45) is 0 Å². The first kappa shape index (κ1) is 25.5. The second kappa shape index (κ2) is 10.3. The number of hydrogen-bond donors (Lipinski definition) is 1. The van der Waals surface area contributed by atoms with Crippen LogP contribution in [0.5, 0.6) is 17.2 Å². The van der Waals surface area contributed by atoms with E-state index in [4.69, 9.17) is 9.47 Å². The molecule has 0 atom stereocenters. The molecule has 1 aromatic carbocycles. The van der Waals surface area contributed by atoms with Crippen LogP contribution in [0.2, 0.25) is 0 Å². The third-order valence-corrected chi connectivity index (χ3v) is 5.91. The standard InChI is InChI=1S/C28H21F2N5O4/c1-15-10-17(29)13-33-26(15)35-16(2)4-6-20(28(35)37)27(36)34-18-5-7-23(21(30)11-18)39-24-8-9-31-22-12-19(38-3)14-32-25(22)24/h4-14H,1-3H3,(H,34,36). The molecule has 5 rings (SSSR count). The third-order valence-electron chi connectivity index (χ3n) is 5.91. The smallest absolute Gasteiger partial charge is 0.269 e. The van der Waals surface area contributed by atoms with Gasteiger partial charge in [0.15, 0.2) is 17.3 Å². The lowest BCUT2D eigenvalue weighted by molar-refractivity contribution is 0.102. The Kier molecular flexibility index (Phi) is 6.72. The number of nitrogens with one attached hydrogen (secondary N) is 1. The van der Waals surface area contributed by atoms with E-state index in [9.17, 15) is 18.4 Å². The summed E-state index contributed by atoms with van der Waals surface area (Å²) in [5, 5.41) is 2.53. The molecular formula is C28H21F2N5O4. The van der Waals surface area contributed by atoms with E-state index < -0.39 is 23.1 Å². The lowest BCUT2D eigenvalue weighted by atomic mass is 10.2. The van der Waals surface area contributed by atoms with Gasteiger partial charge >= 0.3 is 0 Å². The molecule has 5 aromatic rings. The Morgan fingerprint density at radius 3 is 2.51 bits per heavy atom. The highest BCUT2D eigenvalue weighted by Crippen LogP contribution is 2.31. The fourth-order valence-electron chi connectivity index (χ4n) is 3.99. The van der Waals surface area contributed by atoms with Crippen LogP contribution in [0, 0.1) is 25.5 Å². The Balaban J connectivity index is 1.40. The number of carbonyl (C=O) groups excluding carboxylic acids is 1. The zero-order chi connectivity index (χ0) is 27.7. The van der Waals surface area contributed by atoms with Crippen molar-refractivity contribution in [3.8, 4) is 23.1 Å². The van der Waals surface area contributed by atoms with Crippen molar-refractivity contribution in [2.75, 3.05) is 12.4 Å². The SMILES string of the molecule is COc1cnc2c(Oc3ccc(NC(=O)c4ccc(C)n(-c5ncc(F)cc5C)c4=O)cc3F)ccnc2c1. The number of nitrogens with zero attached hydrogens (tertiary/aromatic N) is 4. The summed E-state index contributed by atoms with van der Waals surface area (Å²) in [6.07, 6.45) is 4.00. The summed E-state index contributed by atoms with van der Waals surface area (Å²) in [6.45, 7) is 3.28. The molecule has 0 saturated carbocycles. The Hall–Kier alpha value is -5.19. The molecule has 0 aliphatic rings. The summed E-state index contributed by atoms with van der Waals surface area (Å²) in [5.41, 5.74) is 1.10. The predicted molar refractivity (Wildman–Crippen MR) is 140 cm³/mol. The molecule has 11 heteroatoms. The Morgan fingerprint density at radius 2 is 1.77 bits per heavy atom. The summed E-state index contributed by atoms with van der Waals surface area (Å²) < 4.78 is 40.6. The topological polar surface area (TPSA) is 108 Å². The molecule has 4 aromatic heterocycles. The quantitative estimate of drug-likeness (QED) is 0.325. The van der Waals surface area contributed by atoms with Crippen LogP contribution in [0.3, 0.4) is 0 Å². The zero-order valence-electron chi connectivity index (χ0n) is 21.0. The van der Waals surface area contributed by atoms with E-state index in [1.54, 1.807) is 32.0 Å². The van der Waals surface area contributed by atoms with Gasteiger partial charge in [-0.05, 0) is 49.7 Å². The van der Waals surface area contributed by atoms with Crippen LogP contribution in [-0.2, 0) is 0 Å². The molecular weight excluding hydrogens is 508 g/mol. The maximum absolute atomic E-state index is 15.0. The molecule has 1 amide bonds. The normalized spacial score (nSPS) is 10.9. The second-order valence-corrected chi connectivity index (χ2v) is 8.58. The van der Waals surface area contributed by atoms with Crippen LogP contribution >= 0.6 is 0 Å². The average Bonchev–Trinajstić information content (AvgIpc) is 2.91. The molecule has 9 nitrogen and oxygen atoms in total. The van der Waals surface area contributed by atoms with Gasteiger partial charge < -0.3 is 14.8 Å². The van der Waals surface area contributed by atoms with Crippen LogP contribution in [0.4, 0.5) is 14.5 Å². The molecule has 0 aliphatic carbocycles. The molecule has 0 aliphatic heterocycles. The van der Waals surface area contributed by atoms with Gasteiger partial charge in [0, 0.05) is 35.8 Å². The van der Waals surface area contributed by atoms with Gasteiger partial charge in [-0.25, -0.2) is 18.7 Å². The number of methoxy groups -OCH3 is 1. The van der Waals surface area contributed by atoms with Crippen LogP contribution in [0.15, 0.2) is 71.9 Å². The number of ether oxygens (including phenoxy) is 2. The molecule has 4 heterocycles. The van der Waals surface area contributed by atoms with Gasteiger partial charge in [0.1, 0.15) is 28.5 Å². The molecule has 0 fully saturated rings. The van der Waals surface area contributed by atoms with Gasteiger partial charge in [0.25, 0.3) is 11.5 Å². The van der Waals surface area contributed by atoms with Gasteiger partial charge in [-0.15, -0.1) is 0 Å². The summed E-state index contributed by atoms with van der Waals surface area (Å²) >= 11 is 0. The average molecular weight is 530 g/mol. The molecule has 0 bridgehead atoms. The number of amides is 1. The van der Waals surface area contributed by atoms with E-state index in [1.165, 1.54) is 48.3 Å². The summed E-state index contributed by atoms with van der Waals surface area (Å²) in [5.74, 6) is -1.14. The first-order valence-corrected chi connectivity index (χ1v) is 11.7. The number of aryl methyl sites for hydroxylation is 2. The minimum Gasteiger partial charge on any atom is -0.495 e. The largest absolute Gasteiger partial charge is 0.495 e. The van der Waals surface area contributed by atoms with E-state index in [-0.39, 0.29) is 28.6 Å². The first-order chi connectivity index (χ1) is 18.7. The van der Waals surface area contributed by atoms with Crippen LogP contribution in [-0.4, -0.2) is 32.5 Å². The maximum Gasteiger partial charge on any atom is 0.269 e. The van der Waals surface area contributed by atoms with Crippen molar-refractivity contribution < 1.29 is 23.0 Å². The minimum atomic E-state index is -0.751. The van der Waals surface area contributed by atoms with E-state index in [1.807, 2.05) is 0 Å². The number of carbonyl (C=O) groups is 1. The monoisotopic (exact) mass is 529 g/mol. The van der Waals surface area contributed by atoms with E-state index in [2.05, 4.69) is 20.3 Å². The van der Waals surface area contributed by atoms with Crippen molar-refractivity contribution in [1.82, 2.24) is 19.5 Å². The van der Waals surface area contributed by atoms with Crippen molar-refractivity contribution in [2.45, 2.75) is 13.8 Å². The number of rotatable bonds is 6. The van der Waals surface area contributed by atoms with Gasteiger partial charge in [0.05, 0.1) is 25.0 Å². The lowest BCUT2D eigenvalue weighted by Gasteiger charge is -2.14. The molecule has 1 N–H and O–H groups in total. The molecule has 0 saturated heterocycles. The van der Waals surface area contributed by atoms with E-state index in [0.29, 0.717) is 28.0 Å². The zero-order valence-corrected chi connectivity index (χ0v) is 21.0. The highest BCUT2D eigenvalue weighted by atomic mass is 19.1. The molecule has 196 valence electrons. The Bertz CT molecular complexity index is 1810. The number of halogens is 2. The molecule has 39 heavy (non-hydrogen) atoms. The van der Waals surface area contributed by atoms with E-state index in [0.717, 1.165) is 12.3 Å². The van der Waals surface area contributed by atoms with E-state index >= 15 is 0 Å².